The van der Waals surface area contributed by atoms with Crippen LogP contribution in [0.25, 0.3) is 0 Å². The van der Waals surface area contributed by atoms with Gasteiger partial charge in [0.2, 0.25) is 0 Å². The molecule has 3 N–H and O–H groups in total. The molecule has 0 fully saturated rings. The largest absolute Gasteiger partial charge is 0.395 e. The van der Waals surface area contributed by atoms with Crippen LogP contribution in [0.1, 0.15) is 24.5 Å². The molecule has 1 aromatic carbocycles. The Hall–Kier alpha value is -0.510. The van der Waals surface area contributed by atoms with Gasteiger partial charge in [-0.05, 0) is 43.5 Å². The predicted octanol–water partition coefficient (Wildman–Crippen LogP) is 2.49. The molecule has 90 valence electrons. The minimum atomic E-state index is 0.0524. The number of aliphatic hydroxyl groups is 1. The van der Waals surface area contributed by atoms with E-state index in [0.29, 0.717) is 0 Å². The van der Waals surface area contributed by atoms with Crippen LogP contribution >= 0.6 is 11.8 Å². The second kappa shape index (κ2) is 6.28. The maximum absolute atomic E-state index is 9.31. The molecule has 0 amide bonds. The van der Waals surface area contributed by atoms with Crippen LogP contribution < -0.4 is 5.73 Å². The van der Waals surface area contributed by atoms with Crippen molar-refractivity contribution in [3.63, 3.8) is 0 Å². The van der Waals surface area contributed by atoms with Crippen LogP contribution in [0, 0.1) is 13.8 Å². The lowest BCUT2D eigenvalue weighted by molar-refractivity contribution is 0.281. The second-order valence-corrected chi connectivity index (χ2v) is 5.47. The first-order valence-electron chi connectivity index (χ1n) is 5.68. The summed E-state index contributed by atoms with van der Waals surface area (Å²) in [7, 11) is 0. The highest BCUT2D eigenvalue weighted by molar-refractivity contribution is 8.00. The fourth-order valence-electron chi connectivity index (χ4n) is 1.48. The molecule has 3 heteroatoms. The number of aryl methyl sites for hydroxylation is 2. The van der Waals surface area contributed by atoms with Gasteiger partial charge in [-0.1, -0.05) is 13.0 Å². The molecule has 16 heavy (non-hydrogen) atoms. The number of rotatable bonds is 5. The molecular weight excluding hydrogens is 218 g/mol. The molecule has 2 unspecified atom stereocenters. The number of benzene rings is 1. The topological polar surface area (TPSA) is 46.2 Å². The van der Waals surface area contributed by atoms with Crippen molar-refractivity contribution >= 4 is 11.8 Å². The molecular formula is C13H21NOS. The fraction of sp³-hybridized carbons (Fsp3) is 0.538. The van der Waals surface area contributed by atoms with Gasteiger partial charge in [-0.3, -0.25) is 0 Å². The first-order valence-corrected chi connectivity index (χ1v) is 6.56. The standard InChI is InChI=1S/C13H21NOS/c1-4-12(14)13(8-15)16-11-6-5-9(2)10(3)7-11/h5-7,12-13,15H,4,8,14H2,1-3H3. The molecule has 0 heterocycles. The van der Waals surface area contributed by atoms with E-state index < -0.39 is 0 Å². The van der Waals surface area contributed by atoms with Crippen molar-refractivity contribution in [2.75, 3.05) is 6.61 Å². The van der Waals surface area contributed by atoms with Crippen LogP contribution in [-0.2, 0) is 0 Å². The maximum Gasteiger partial charge on any atom is 0.0568 e. The zero-order valence-electron chi connectivity index (χ0n) is 10.2. The number of aliphatic hydroxyl groups excluding tert-OH is 1. The minimum absolute atomic E-state index is 0.0524. The Balaban J connectivity index is 2.74. The monoisotopic (exact) mass is 239 g/mol. The van der Waals surface area contributed by atoms with Crippen molar-refractivity contribution in [3.8, 4) is 0 Å². The summed E-state index contributed by atoms with van der Waals surface area (Å²) in [5.41, 5.74) is 8.54. The summed E-state index contributed by atoms with van der Waals surface area (Å²) in [5, 5.41) is 9.40. The van der Waals surface area contributed by atoms with Gasteiger partial charge in [-0.2, -0.15) is 0 Å². The summed E-state index contributed by atoms with van der Waals surface area (Å²) in [4.78, 5) is 1.19. The van der Waals surface area contributed by atoms with Gasteiger partial charge in [-0.25, -0.2) is 0 Å². The molecule has 0 spiro atoms. The van der Waals surface area contributed by atoms with E-state index in [9.17, 15) is 5.11 Å². The zero-order chi connectivity index (χ0) is 12.1. The summed E-state index contributed by atoms with van der Waals surface area (Å²) in [6, 6.07) is 6.42. The third kappa shape index (κ3) is 3.51. The Bertz CT molecular complexity index is 341. The molecule has 2 atom stereocenters. The van der Waals surface area contributed by atoms with Crippen LogP contribution in [0.3, 0.4) is 0 Å². The Morgan fingerprint density at radius 1 is 1.31 bits per heavy atom. The lowest BCUT2D eigenvalue weighted by atomic mass is 10.1. The third-order valence-electron chi connectivity index (χ3n) is 2.89. The Kier molecular flexibility index (Phi) is 5.32. The van der Waals surface area contributed by atoms with E-state index in [4.69, 9.17) is 5.73 Å². The molecule has 0 aliphatic rings. The lowest BCUT2D eigenvalue weighted by Crippen LogP contribution is -2.34. The average molecular weight is 239 g/mol. The zero-order valence-corrected chi connectivity index (χ0v) is 11.1. The van der Waals surface area contributed by atoms with Gasteiger partial charge in [0.1, 0.15) is 0 Å². The molecule has 2 nitrogen and oxygen atoms in total. The molecule has 0 bridgehead atoms. The number of thioether (sulfide) groups is 1. The van der Waals surface area contributed by atoms with Crippen molar-refractivity contribution < 1.29 is 5.11 Å². The van der Waals surface area contributed by atoms with Gasteiger partial charge < -0.3 is 10.8 Å². The highest BCUT2D eigenvalue weighted by Crippen LogP contribution is 2.27. The highest BCUT2D eigenvalue weighted by atomic mass is 32.2. The summed E-state index contributed by atoms with van der Waals surface area (Å²) in [6.07, 6.45) is 0.892. The van der Waals surface area contributed by atoms with Crippen LogP contribution in [0.5, 0.6) is 0 Å². The molecule has 1 rings (SSSR count). The van der Waals surface area contributed by atoms with E-state index in [1.807, 2.05) is 6.92 Å². The van der Waals surface area contributed by atoms with Crippen LogP contribution in [0.15, 0.2) is 23.1 Å². The smallest absolute Gasteiger partial charge is 0.0568 e. The van der Waals surface area contributed by atoms with Crippen molar-refractivity contribution in [1.82, 2.24) is 0 Å². The number of hydrogen-bond donors (Lipinski definition) is 2. The highest BCUT2D eigenvalue weighted by Gasteiger charge is 2.16. The lowest BCUT2D eigenvalue weighted by Gasteiger charge is -2.20. The first-order chi connectivity index (χ1) is 7.58. The van der Waals surface area contributed by atoms with Gasteiger partial charge in [-0.15, -0.1) is 11.8 Å². The molecule has 0 aliphatic heterocycles. The van der Waals surface area contributed by atoms with Gasteiger partial charge in [0.15, 0.2) is 0 Å². The number of hydrogen-bond acceptors (Lipinski definition) is 3. The molecule has 0 radical (unpaired) electrons. The molecule has 0 saturated heterocycles. The van der Waals surface area contributed by atoms with E-state index in [1.165, 1.54) is 16.0 Å². The van der Waals surface area contributed by atoms with Crippen LogP contribution in [0.4, 0.5) is 0 Å². The van der Waals surface area contributed by atoms with Gasteiger partial charge in [0.25, 0.3) is 0 Å². The van der Waals surface area contributed by atoms with E-state index in [2.05, 4.69) is 32.0 Å². The van der Waals surface area contributed by atoms with Crippen molar-refractivity contribution in [1.29, 1.82) is 0 Å². The Morgan fingerprint density at radius 2 is 2.00 bits per heavy atom. The molecule has 0 saturated carbocycles. The van der Waals surface area contributed by atoms with Gasteiger partial charge >= 0.3 is 0 Å². The predicted molar refractivity (Wildman–Crippen MR) is 70.9 cm³/mol. The summed E-state index contributed by atoms with van der Waals surface area (Å²) >= 11 is 1.67. The second-order valence-electron chi connectivity index (χ2n) is 4.16. The molecule has 0 aromatic heterocycles. The van der Waals surface area contributed by atoms with Crippen molar-refractivity contribution in [2.24, 2.45) is 5.73 Å². The average Bonchev–Trinajstić information content (AvgIpc) is 2.29. The molecule has 1 aromatic rings. The Labute approximate surface area is 102 Å². The summed E-state index contributed by atoms with van der Waals surface area (Å²) in [5.74, 6) is 0. The van der Waals surface area contributed by atoms with Gasteiger partial charge in [0.05, 0.1) is 6.61 Å². The summed E-state index contributed by atoms with van der Waals surface area (Å²) in [6.45, 7) is 6.39. The number of nitrogens with two attached hydrogens (primary N) is 1. The van der Waals surface area contributed by atoms with Crippen molar-refractivity contribution in [2.45, 2.75) is 43.4 Å². The van der Waals surface area contributed by atoms with E-state index in [0.717, 1.165) is 6.42 Å². The van der Waals surface area contributed by atoms with E-state index in [1.54, 1.807) is 11.8 Å². The van der Waals surface area contributed by atoms with Crippen molar-refractivity contribution in [3.05, 3.63) is 29.3 Å². The third-order valence-corrected chi connectivity index (χ3v) is 4.22. The van der Waals surface area contributed by atoms with E-state index >= 15 is 0 Å². The quantitative estimate of drug-likeness (QED) is 0.776. The minimum Gasteiger partial charge on any atom is -0.395 e. The Morgan fingerprint density at radius 3 is 2.50 bits per heavy atom. The first kappa shape index (κ1) is 13.6. The van der Waals surface area contributed by atoms with E-state index in [-0.39, 0.29) is 17.9 Å². The van der Waals surface area contributed by atoms with Crippen LogP contribution in [-0.4, -0.2) is 23.0 Å². The SMILES string of the molecule is CCC(N)C(CO)Sc1ccc(C)c(C)c1. The van der Waals surface area contributed by atoms with Crippen LogP contribution in [0.2, 0.25) is 0 Å². The molecule has 0 aliphatic carbocycles. The normalized spacial score (nSPS) is 14.8. The maximum atomic E-state index is 9.31. The fourth-order valence-corrected chi connectivity index (χ4v) is 2.67. The van der Waals surface area contributed by atoms with Gasteiger partial charge in [0, 0.05) is 16.2 Å². The summed E-state index contributed by atoms with van der Waals surface area (Å²) < 4.78 is 0.